The number of ether oxygens (including phenoxy) is 1. The SMILES string of the molecule is CCC(C)N(C(=O)C(CC(C)C)NC(=O)OC(C)(C)C)C(C(=O)NC1CCCCC1)c1ccccc1O. The summed E-state index contributed by atoms with van der Waals surface area (Å²) in [7, 11) is 0. The Hall–Kier alpha value is -2.77. The third kappa shape index (κ3) is 9.24. The molecular formula is C29H47N3O5. The van der Waals surface area contributed by atoms with E-state index in [4.69, 9.17) is 4.74 Å². The maximum absolute atomic E-state index is 14.2. The maximum Gasteiger partial charge on any atom is 0.408 e. The van der Waals surface area contributed by atoms with Gasteiger partial charge in [0.1, 0.15) is 23.4 Å². The number of phenols is 1. The van der Waals surface area contributed by atoms with Gasteiger partial charge >= 0.3 is 6.09 Å². The summed E-state index contributed by atoms with van der Waals surface area (Å²) in [4.78, 5) is 42.3. The van der Waals surface area contributed by atoms with Gasteiger partial charge in [-0.3, -0.25) is 9.59 Å². The summed E-state index contributed by atoms with van der Waals surface area (Å²) in [5.41, 5.74) is -0.352. The van der Waals surface area contributed by atoms with Gasteiger partial charge in [0.15, 0.2) is 0 Å². The van der Waals surface area contributed by atoms with Crippen molar-refractivity contribution >= 4 is 17.9 Å². The summed E-state index contributed by atoms with van der Waals surface area (Å²) in [5.74, 6) is -0.640. The second kappa shape index (κ2) is 13.7. The Labute approximate surface area is 222 Å². The number of carbonyl (C=O) groups is 3. The third-order valence-electron chi connectivity index (χ3n) is 6.73. The monoisotopic (exact) mass is 517 g/mol. The van der Waals surface area contributed by atoms with Crippen molar-refractivity contribution in [1.29, 1.82) is 0 Å². The van der Waals surface area contributed by atoms with Gasteiger partial charge in [-0.1, -0.05) is 58.2 Å². The summed E-state index contributed by atoms with van der Waals surface area (Å²) >= 11 is 0. The number of benzene rings is 1. The molecule has 0 bridgehead atoms. The van der Waals surface area contributed by atoms with Gasteiger partial charge in [-0.15, -0.1) is 0 Å². The minimum Gasteiger partial charge on any atom is -0.508 e. The lowest BCUT2D eigenvalue weighted by Crippen LogP contribution is -2.56. The first kappa shape index (κ1) is 30.5. The molecule has 0 heterocycles. The normalized spacial score (nSPS) is 17.0. The van der Waals surface area contributed by atoms with E-state index in [1.54, 1.807) is 39.0 Å². The van der Waals surface area contributed by atoms with Gasteiger partial charge < -0.3 is 25.4 Å². The summed E-state index contributed by atoms with van der Waals surface area (Å²) in [6.07, 6.45) is 5.34. The Morgan fingerprint density at radius 2 is 1.70 bits per heavy atom. The van der Waals surface area contributed by atoms with Crippen molar-refractivity contribution in [2.24, 2.45) is 5.92 Å². The molecule has 3 amide bonds. The Morgan fingerprint density at radius 3 is 2.24 bits per heavy atom. The van der Waals surface area contributed by atoms with Gasteiger partial charge in [0.2, 0.25) is 11.8 Å². The molecule has 1 aliphatic carbocycles. The highest BCUT2D eigenvalue weighted by atomic mass is 16.6. The lowest BCUT2D eigenvalue weighted by Gasteiger charge is -2.39. The number of carbonyl (C=O) groups excluding carboxylic acids is 3. The van der Waals surface area contributed by atoms with E-state index in [1.165, 1.54) is 11.0 Å². The first-order valence-electron chi connectivity index (χ1n) is 13.7. The second-order valence-corrected chi connectivity index (χ2v) is 11.6. The average molecular weight is 518 g/mol. The number of nitrogens with one attached hydrogen (secondary N) is 2. The van der Waals surface area contributed by atoms with Gasteiger partial charge in [-0.2, -0.15) is 0 Å². The van der Waals surface area contributed by atoms with E-state index in [1.807, 2.05) is 27.7 Å². The van der Waals surface area contributed by atoms with Crippen LogP contribution in [-0.2, 0) is 14.3 Å². The molecule has 2 rings (SSSR count). The topological polar surface area (TPSA) is 108 Å². The number of para-hydroxylation sites is 1. The smallest absolute Gasteiger partial charge is 0.408 e. The van der Waals surface area contributed by atoms with E-state index in [-0.39, 0.29) is 35.6 Å². The van der Waals surface area contributed by atoms with Crippen molar-refractivity contribution in [3.05, 3.63) is 29.8 Å². The van der Waals surface area contributed by atoms with E-state index in [9.17, 15) is 19.5 Å². The molecule has 3 atom stereocenters. The van der Waals surface area contributed by atoms with Gasteiger partial charge in [-0.05, 0) is 65.4 Å². The highest BCUT2D eigenvalue weighted by molar-refractivity contribution is 5.92. The van der Waals surface area contributed by atoms with Crippen molar-refractivity contribution in [2.75, 3.05) is 0 Å². The molecular weight excluding hydrogens is 470 g/mol. The molecule has 1 aliphatic rings. The van der Waals surface area contributed by atoms with Gasteiger partial charge in [0.25, 0.3) is 0 Å². The third-order valence-corrected chi connectivity index (χ3v) is 6.73. The van der Waals surface area contributed by atoms with Crippen LogP contribution >= 0.6 is 0 Å². The van der Waals surface area contributed by atoms with E-state index in [0.29, 0.717) is 18.4 Å². The molecule has 1 fully saturated rings. The molecule has 8 heteroatoms. The quantitative estimate of drug-likeness (QED) is 0.383. The summed E-state index contributed by atoms with van der Waals surface area (Å²) in [6, 6.07) is 4.43. The van der Waals surface area contributed by atoms with E-state index in [0.717, 1.165) is 32.1 Å². The molecule has 37 heavy (non-hydrogen) atoms. The molecule has 0 spiro atoms. The summed E-state index contributed by atoms with van der Waals surface area (Å²) in [6.45, 7) is 13.1. The van der Waals surface area contributed by atoms with Crippen molar-refractivity contribution < 1.29 is 24.2 Å². The molecule has 1 saturated carbocycles. The van der Waals surface area contributed by atoms with Crippen molar-refractivity contribution in [2.45, 2.75) is 123 Å². The van der Waals surface area contributed by atoms with Crippen molar-refractivity contribution in [3.63, 3.8) is 0 Å². The number of aromatic hydroxyl groups is 1. The molecule has 8 nitrogen and oxygen atoms in total. The van der Waals surface area contributed by atoms with Crippen LogP contribution in [0, 0.1) is 5.92 Å². The van der Waals surface area contributed by atoms with E-state index in [2.05, 4.69) is 10.6 Å². The molecule has 3 unspecified atom stereocenters. The largest absolute Gasteiger partial charge is 0.508 e. The predicted octanol–water partition coefficient (Wildman–Crippen LogP) is 5.45. The fraction of sp³-hybridized carbons (Fsp3) is 0.690. The average Bonchev–Trinajstić information content (AvgIpc) is 2.81. The molecule has 1 aromatic carbocycles. The first-order chi connectivity index (χ1) is 17.3. The Balaban J connectivity index is 2.50. The number of amides is 3. The minimum atomic E-state index is -1.04. The van der Waals surface area contributed by atoms with E-state index >= 15 is 0 Å². The maximum atomic E-state index is 14.2. The molecule has 3 N–H and O–H groups in total. The number of hydrogen-bond acceptors (Lipinski definition) is 5. The number of rotatable bonds is 10. The second-order valence-electron chi connectivity index (χ2n) is 11.6. The Kier molecular flexibility index (Phi) is 11.3. The lowest BCUT2D eigenvalue weighted by molar-refractivity contribution is -0.145. The van der Waals surface area contributed by atoms with E-state index < -0.39 is 23.8 Å². The number of alkyl carbamates (subject to hydrolysis) is 1. The minimum absolute atomic E-state index is 0.0369. The fourth-order valence-corrected chi connectivity index (χ4v) is 4.78. The zero-order valence-corrected chi connectivity index (χ0v) is 23.7. The molecule has 208 valence electrons. The lowest BCUT2D eigenvalue weighted by atomic mass is 9.93. The van der Waals surface area contributed by atoms with Crippen LogP contribution in [0.2, 0.25) is 0 Å². The van der Waals surface area contributed by atoms with Crippen LogP contribution in [0.3, 0.4) is 0 Å². The van der Waals surface area contributed by atoms with Gasteiger partial charge in [0.05, 0.1) is 0 Å². The first-order valence-corrected chi connectivity index (χ1v) is 13.7. The summed E-state index contributed by atoms with van der Waals surface area (Å²) < 4.78 is 5.44. The van der Waals surface area contributed by atoms with Gasteiger partial charge in [-0.25, -0.2) is 4.79 Å². The van der Waals surface area contributed by atoms with Gasteiger partial charge in [0, 0.05) is 17.6 Å². The van der Waals surface area contributed by atoms with Crippen LogP contribution in [0.4, 0.5) is 4.79 Å². The van der Waals surface area contributed by atoms with Crippen LogP contribution in [0.5, 0.6) is 5.75 Å². The highest BCUT2D eigenvalue weighted by Crippen LogP contribution is 2.33. The standard InChI is InChI=1S/C29H47N3O5/c1-8-20(4)32(27(35)23(18-19(2)3)31-28(36)37-29(5,6)7)25(22-16-12-13-17-24(22)33)26(34)30-21-14-10-9-11-15-21/h12-13,16-17,19-21,23,25,33H,8-11,14-15,18H2,1-7H3,(H,30,34)(H,31,36). The molecule has 0 aromatic heterocycles. The molecule has 1 aromatic rings. The fourth-order valence-electron chi connectivity index (χ4n) is 4.78. The van der Waals surface area contributed by atoms with Crippen LogP contribution in [0.15, 0.2) is 24.3 Å². The van der Waals surface area contributed by atoms with Crippen LogP contribution in [-0.4, -0.2) is 51.6 Å². The molecule has 0 aliphatic heterocycles. The van der Waals surface area contributed by atoms with Crippen LogP contribution in [0.1, 0.15) is 105 Å². The predicted molar refractivity (Wildman–Crippen MR) is 145 cm³/mol. The number of hydrogen-bond donors (Lipinski definition) is 3. The zero-order chi connectivity index (χ0) is 27.8. The van der Waals surface area contributed by atoms with Crippen LogP contribution in [0.25, 0.3) is 0 Å². The molecule has 0 saturated heterocycles. The Morgan fingerprint density at radius 1 is 1.08 bits per heavy atom. The Bertz CT molecular complexity index is 905. The summed E-state index contributed by atoms with van der Waals surface area (Å²) in [5, 5.41) is 16.7. The highest BCUT2D eigenvalue weighted by Gasteiger charge is 2.40. The number of nitrogens with zero attached hydrogens (tertiary/aromatic N) is 1. The zero-order valence-electron chi connectivity index (χ0n) is 23.7. The van der Waals surface area contributed by atoms with Crippen molar-refractivity contribution in [3.8, 4) is 5.75 Å². The molecule has 0 radical (unpaired) electrons. The van der Waals surface area contributed by atoms with Crippen molar-refractivity contribution in [1.82, 2.24) is 15.5 Å². The van der Waals surface area contributed by atoms with Crippen LogP contribution < -0.4 is 10.6 Å². The number of phenolic OH excluding ortho intramolecular Hbond substituents is 1.